The molecule has 0 saturated carbocycles. The van der Waals surface area contributed by atoms with Crippen LogP contribution >= 0.6 is 7.14 Å². The van der Waals surface area contributed by atoms with Crippen molar-refractivity contribution in [3.63, 3.8) is 0 Å². The lowest BCUT2D eigenvalue weighted by Gasteiger charge is -2.29. The number of aromatic nitrogens is 1. The van der Waals surface area contributed by atoms with Crippen LogP contribution in [0.3, 0.4) is 0 Å². The van der Waals surface area contributed by atoms with Crippen LogP contribution in [0.2, 0.25) is 0 Å². The quantitative estimate of drug-likeness (QED) is 0.635. The van der Waals surface area contributed by atoms with Crippen molar-refractivity contribution in [2.45, 2.75) is 39.0 Å². The third-order valence-corrected chi connectivity index (χ3v) is 8.88. The number of benzene rings is 1. The van der Waals surface area contributed by atoms with Gasteiger partial charge in [-0.25, -0.2) is 0 Å². The topological polar surface area (TPSA) is 68.7 Å². The summed E-state index contributed by atoms with van der Waals surface area (Å²) >= 11 is 0. The SMILES string of the molecule is COc1cc(/C(=C/c2cccnc2)P(=O)(C(C)C)C(C)C)cc(OC)c1O. The summed E-state index contributed by atoms with van der Waals surface area (Å²) < 4.78 is 24.8. The standard InChI is InChI=1S/C21H28NO4P/c1-14(2)27(24,15(3)4)20(10-16-8-7-9-22-13-16)17-11-18(25-5)21(23)19(12-17)26-6/h7-15,23H,1-6H3/b20-10-. The van der Waals surface area contributed by atoms with Crippen molar-refractivity contribution < 1.29 is 19.1 Å². The van der Waals surface area contributed by atoms with Crippen molar-refractivity contribution in [2.24, 2.45) is 0 Å². The van der Waals surface area contributed by atoms with Crippen LogP contribution < -0.4 is 9.47 Å². The number of phenols is 1. The van der Waals surface area contributed by atoms with Crippen LogP contribution in [-0.4, -0.2) is 35.6 Å². The van der Waals surface area contributed by atoms with Gasteiger partial charge in [0.2, 0.25) is 5.75 Å². The van der Waals surface area contributed by atoms with Crippen LogP contribution in [-0.2, 0) is 4.57 Å². The second-order valence-corrected chi connectivity index (χ2v) is 10.9. The van der Waals surface area contributed by atoms with Gasteiger partial charge >= 0.3 is 0 Å². The Morgan fingerprint density at radius 3 is 2.07 bits per heavy atom. The molecule has 0 spiro atoms. The molecule has 0 aliphatic heterocycles. The summed E-state index contributed by atoms with van der Waals surface area (Å²) in [5.74, 6) is 0.481. The van der Waals surface area contributed by atoms with E-state index in [1.54, 1.807) is 24.5 Å². The maximum absolute atomic E-state index is 14.2. The molecular formula is C21H28NO4P. The zero-order chi connectivity index (χ0) is 20.2. The Morgan fingerprint density at radius 1 is 1.11 bits per heavy atom. The van der Waals surface area contributed by atoms with Crippen molar-refractivity contribution in [2.75, 3.05) is 14.2 Å². The van der Waals surface area contributed by atoms with Gasteiger partial charge in [0.05, 0.1) is 14.2 Å². The maximum Gasteiger partial charge on any atom is 0.200 e. The van der Waals surface area contributed by atoms with Crippen molar-refractivity contribution in [3.05, 3.63) is 47.8 Å². The number of rotatable bonds is 7. The molecule has 0 aliphatic rings. The molecular weight excluding hydrogens is 361 g/mol. The number of ether oxygens (including phenoxy) is 2. The van der Waals surface area contributed by atoms with Gasteiger partial charge in [-0.15, -0.1) is 0 Å². The molecule has 0 aliphatic carbocycles. The van der Waals surface area contributed by atoms with Crippen molar-refractivity contribution in [1.29, 1.82) is 0 Å². The molecule has 1 aromatic heterocycles. The van der Waals surface area contributed by atoms with E-state index in [1.165, 1.54) is 14.2 Å². The highest BCUT2D eigenvalue weighted by Crippen LogP contribution is 2.66. The van der Waals surface area contributed by atoms with Gasteiger partial charge < -0.3 is 19.1 Å². The zero-order valence-electron chi connectivity index (χ0n) is 16.8. The molecule has 6 heteroatoms. The lowest BCUT2D eigenvalue weighted by Crippen LogP contribution is -2.10. The van der Waals surface area contributed by atoms with Gasteiger partial charge in [-0.3, -0.25) is 4.98 Å². The Balaban J connectivity index is 2.82. The number of pyridine rings is 1. The number of methoxy groups -OCH3 is 2. The first-order valence-corrected chi connectivity index (χ1v) is 10.8. The fraction of sp³-hybridized carbons (Fsp3) is 0.381. The summed E-state index contributed by atoms with van der Waals surface area (Å²) in [6, 6.07) is 7.18. The Morgan fingerprint density at radius 2 is 1.67 bits per heavy atom. The summed E-state index contributed by atoms with van der Waals surface area (Å²) in [6.45, 7) is 7.92. The van der Waals surface area contributed by atoms with E-state index in [2.05, 4.69) is 4.98 Å². The molecule has 2 rings (SSSR count). The first-order chi connectivity index (χ1) is 12.7. The minimum atomic E-state index is -2.80. The molecule has 0 bridgehead atoms. The Labute approximate surface area is 161 Å². The minimum absolute atomic E-state index is 0.0498. The zero-order valence-corrected chi connectivity index (χ0v) is 17.7. The van der Waals surface area contributed by atoms with E-state index < -0.39 is 7.14 Å². The first-order valence-electron chi connectivity index (χ1n) is 8.92. The molecule has 0 fully saturated rings. The summed E-state index contributed by atoms with van der Waals surface area (Å²) in [4.78, 5) is 4.16. The first kappa shape index (κ1) is 21.0. The van der Waals surface area contributed by atoms with E-state index >= 15 is 0 Å². The maximum atomic E-state index is 14.2. The van der Waals surface area contributed by atoms with Gasteiger partial charge in [0, 0.05) is 29.0 Å². The molecule has 1 heterocycles. The van der Waals surface area contributed by atoms with Crippen molar-refractivity contribution in [1.82, 2.24) is 4.98 Å². The van der Waals surface area contributed by atoms with Crippen LogP contribution in [0.5, 0.6) is 17.2 Å². The average Bonchev–Trinajstić information content (AvgIpc) is 2.66. The molecule has 0 atom stereocenters. The van der Waals surface area contributed by atoms with Crippen molar-refractivity contribution in [3.8, 4) is 17.2 Å². The highest BCUT2D eigenvalue weighted by Gasteiger charge is 2.36. The van der Waals surface area contributed by atoms with Gasteiger partial charge in [0.15, 0.2) is 11.5 Å². The summed E-state index contributed by atoms with van der Waals surface area (Å²) in [5, 5.41) is 11.0. The van der Waals surface area contributed by atoms with E-state index in [0.29, 0.717) is 5.56 Å². The van der Waals surface area contributed by atoms with Crippen LogP contribution in [0.4, 0.5) is 0 Å². The predicted octanol–water partition coefficient (Wildman–Crippen LogP) is 5.48. The second-order valence-electron chi connectivity index (χ2n) is 6.94. The lowest BCUT2D eigenvalue weighted by molar-refractivity contribution is 0.339. The fourth-order valence-electron chi connectivity index (χ4n) is 3.20. The normalized spacial score (nSPS) is 12.5. The minimum Gasteiger partial charge on any atom is -0.502 e. The third-order valence-electron chi connectivity index (χ3n) is 4.67. The molecule has 1 N–H and O–H groups in total. The number of hydrogen-bond acceptors (Lipinski definition) is 5. The molecule has 146 valence electrons. The number of aromatic hydroxyl groups is 1. The Hall–Kier alpha value is -2.26. The number of phenolic OH excluding ortho intramolecular Hbond substituents is 1. The molecule has 0 radical (unpaired) electrons. The smallest absolute Gasteiger partial charge is 0.200 e. The summed E-state index contributed by atoms with van der Waals surface area (Å²) in [5.41, 5.74) is 1.47. The molecule has 5 nitrogen and oxygen atoms in total. The summed E-state index contributed by atoms with van der Waals surface area (Å²) in [7, 11) is 0.163. The molecule has 2 aromatic rings. The number of hydrogen-bond donors (Lipinski definition) is 1. The predicted molar refractivity (Wildman–Crippen MR) is 111 cm³/mol. The van der Waals surface area contributed by atoms with Gasteiger partial charge in [-0.2, -0.15) is 0 Å². The molecule has 27 heavy (non-hydrogen) atoms. The van der Waals surface area contributed by atoms with Crippen LogP contribution in [0, 0.1) is 0 Å². The van der Waals surface area contributed by atoms with Crippen LogP contribution in [0.25, 0.3) is 11.4 Å². The largest absolute Gasteiger partial charge is 0.502 e. The van der Waals surface area contributed by atoms with Gasteiger partial charge in [-0.05, 0) is 35.4 Å². The molecule has 0 saturated heterocycles. The second kappa shape index (κ2) is 8.62. The van der Waals surface area contributed by atoms with E-state index in [1.807, 2.05) is 45.9 Å². The van der Waals surface area contributed by atoms with Crippen molar-refractivity contribution >= 4 is 18.5 Å². The molecule has 0 amide bonds. The highest BCUT2D eigenvalue weighted by molar-refractivity contribution is 7.75. The summed E-state index contributed by atoms with van der Waals surface area (Å²) in [6.07, 6.45) is 5.35. The van der Waals surface area contributed by atoms with E-state index in [4.69, 9.17) is 9.47 Å². The van der Waals surface area contributed by atoms with Crippen LogP contribution in [0.15, 0.2) is 36.7 Å². The Kier molecular flexibility index (Phi) is 6.72. The highest BCUT2D eigenvalue weighted by atomic mass is 31.2. The monoisotopic (exact) mass is 389 g/mol. The van der Waals surface area contributed by atoms with Gasteiger partial charge in [0.1, 0.15) is 7.14 Å². The van der Waals surface area contributed by atoms with E-state index in [-0.39, 0.29) is 28.6 Å². The third kappa shape index (κ3) is 4.19. The Bertz CT molecular complexity index is 823. The number of nitrogens with zero attached hydrogens (tertiary/aromatic N) is 1. The van der Waals surface area contributed by atoms with Crippen LogP contribution in [0.1, 0.15) is 38.8 Å². The van der Waals surface area contributed by atoms with E-state index in [0.717, 1.165) is 10.9 Å². The molecule has 1 aromatic carbocycles. The van der Waals surface area contributed by atoms with E-state index in [9.17, 15) is 9.67 Å². The van der Waals surface area contributed by atoms with Gasteiger partial charge in [0.25, 0.3) is 0 Å². The molecule has 0 unspecified atom stereocenters. The lowest BCUT2D eigenvalue weighted by atomic mass is 10.1. The average molecular weight is 389 g/mol. The fourth-order valence-corrected chi connectivity index (χ4v) is 6.39. The van der Waals surface area contributed by atoms with Gasteiger partial charge in [-0.1, -0.05) is 33.8 Å².